The number of esters is 2. The number of aromatic amines is 3. The molecule has 0 saturated carbocycles. The number of carbonyl (C=O) groups excluding carboxylic acids is 3. The Bertz CT molecular complexity index is 2450. The summed E-state index contributed by atoms with van der Waals surface area (Å²) < 4.78 is 11.1. The summed E-state index contributed by atoms with van der Waals surface area (Å²) in [6.07, 6.45) is 19.5. The van der Waals surface area contributed by atoms with Gasteiger partial charge in [0.2, 0.25) is 0 Å². The summed E-state index contributed by atoms with van der Waals surface area (Å²) in [5.41, 5.74) is 9.30. The van der Waals surface area contributed by atoms with Crippen molar-refractivity contribution in [2.75, 3.05) is 13.7 Å². The molecule has 1 unspecified atom stereocenters. The number of fused-ring (bicyclic) bond motifs is 8. The number of methoxy groups -OCH3 is 1. The first-order valence-corrected chi connectivity index (χ1v) is 22.0. The number of rotatable bonds is 16. The van der Waals surface area contributed by atoms with Crippen LogP contribution in [0.25, 0.3) is 36.1 Å². The minimum atomic E-state index is -1.14. The van der Waals surface area contributed by atoms with Gasteiger partial charge in [0.15, 0.2) is 5.78 Å². The van der Waals surface area contributed by atoms with Crippen LogP contribution in [-0.4, -0.2) is 57.5 Å². The Labute approximate surface area is 354 Å². The zero-order valence-corrected chi connectivity index (χ0v) is 37.2. The number of aliphatic hydroxyl groups is 1. The fourth-order valence-electron chi connectivity index (χ4n) is 9.70. The number of aliphatic hydroxyl groups excluding tert-OH is 1. The number of Topliss-reactive ketones (excluding diaryl/α,β-unsaturated/α-hetero) is 1. The third-order valence-corrected chi connectivity index (χ3v) is 13.3. The van der Waals surface area contributed by atoms with Crippen molar-refractivity contribution in [3.8, 4) is 0 Å². The third-order valence-electron chi connectivity index (χ3n) is 13.3. The number of carbonyl (C=O) groups is 3. The van der Waals surface area contributed by atoms with Crippen molar-refractivity contribution in [2.24, 2.45) is 29.6 Å². The number of hydrogen-bond donors (Lipinski definition) is 5. The first-order valence-electron chi connectivity index (χ1n) is 22.0. The monoisotopic (exact) mass is 818 g/mol. The van der Waals surface area contributed by atoms with Gasteiger partial charge < -0.3 is 34.8 Å². The smallest absolute Gasteiger partial charge is 0.320 e. The van der Waals surface area contributed by atoms with Gasteiger partial charge >= 0.3 is 11.9 Å². The summed E-state index contributed by atoms with van der Waals surface area (Å²) in [5, 5.41) is 17.0. The second kappa shape index (κ2) is 19.0. The zero-order chi connectivity index (χ0) is 43.4. The van der Waals surface area contributed by atoms with E-state index in [0.29, 0.717) is 34.5 Å². The van der Waals surface area contributed by atoms with Crippen molar-refractivity contribution in [3.05, 3.63) is 90.1 Å². The summed E-state index contributed by atoms with van der Waals surface area (Å²) in [6.45, 7) is 21.5. The number of ketones is 1. The standard InChI is InChI=1S/C50H66N4O6/c1-11-33-30(7)37-23-38-31(8)35(19-20-43(56)60-22-21-29(6)18-14-17-28(5)16-13-15-27(3)4)47(53-38)45-46(50(58)59-10)49(57)44-32(9)39(54-48(44)45)24-41-34(12-2)36(26-55)42(52-41)25-40(33)51-37/h11,21,23-28,31,35,46-47,51-55H,1,12-20,22H2,2-10H3/b29-21+,36-26-,38-23-,39-24-,42-25-/t28-,31+,35+,46-,47?/m1/s1. The third kappa shape index (κ3) is 8.93. The Hall–Kier alpha value is -5.25. The maximum atomic E-state index is 14.4. The number of ether oxygens (including phenoxy) is 2. The highest BCUT2D eigenvalue weighted by molar-refractivity contribution is 6.19. The van der Waals surface area contributed by atoms with Crippen LogP contribution in [0.4, 0.5) is 0 Å². The van der Waals surface area contributed by atoms with Crippen LogP contribution in [-0.2, 0) is 25.5 Å². The van der Waals surface area contributed by atoms with Gasteiger partial charge in [-0.25, -0.2) is 0 Å². The molecule has 6 rings (SSSR count). The highest BCUT2D eigenvalue weighted by atomic mass is 16.5. The molecule has 1 fully saturated rings. The van der Waals surface area contributed by atoms with Gasteiger partial charge in [-0.05, 0) is 111 Å². The summed E-state index contributed by atoms with van der Waals surface area (Å²) >= 11 is 0. The maximum absolute atomic E-state index is 14.4. The lowest BCUT2D eigenvalue weighted by molar-refractivity contribution is -0.143. The van der Waals surface area contributed by atoms with Crippen LogP contribution >= 0.6 is 0 Å². The first kappa shape index (κ1) is 44.3. The molecular formula is C50H66N4O6. The molecule has 0 aromatic carbocycles. The summed E-state index contributed by atoms with van der Waals surface area (Å²) in [7, 11) is 1.31. The van der Waals surface area contributed by atoms with Gasteiger partial charge in [0, 0.05) is 56.8 Å². The second-order valence-corrected chi connectivity index (χ2v) is 17.8. The van der Waals surface area contributed by atoms with Crippen LogP contribution in [0.2, 0.25) is 0 Å². The van der Waals surface area contributed by atoms with Crippen LogP contribution in [0, 0.1) is 43.4 Å². The normalized spacial score (nSPS) is 22.5. The molecule has 0 spiro atoms. The quantitative estimate of drug-likeness (QED) is 0.0591. The SMILES string of the molecule is C=Cc1c2[nH]c(c1C)/C=C1\NC(C3=c4[nH]/c(c(C)c4C(=O)[C@@H]3C(=O)OC)=C\c3[nH]c(/c(=C\O)c3CC)=C\2)[C@@H](CCC(=O)OC/C=C(\C)CCC[C@H](C)CCCC(C)C)[C@@H]1C. The van der Waals surface area contributed by atoms with Crippen molar-refractivity contribution in [1.29, 1.82) is 0 Å². The van der Waals surface area contributed by atoms with E-state index in [1.54, 1.807) is 0 Å². The number of allylic oxidation sites excluding steroid dienone is 2. The van der Waals surface area contributed by atoms with E-state index in [1.807, 2.05) is 45.1 Å². The van der Waals surface area contributed by atoms with Crippen molar-refractivity contribution in [1.82, 2.24) is 20.3 Å². The molecule has 3 aromatic heterocycles. The van der Waals surface area contributed by atoms with Crippen LogP contribution in [0.3, 0.4) is 0 Å². The summed E-state index contributed by atoms with van der Waals surface area (Å²) in [4.78, 5) is 52.0. The number of nitrogens with one attached hydrogen (secondary N) is 4. The molecule has 1 saturated heterocycles. The molecule has 1 aliphatic carbocycles. The predicted octanol–water partition coefficient (Wildman–Crippen LogP) is 7.06. The maximum Gasteiger partial charge on any atom is 0.320 e. The number of aromatic nitrogens is 3. The van der Waals surface area contributed by atoms with Gasteiger partial charge in [-0.1, -0.05) is 78.5 Å². The summed E-state index contributed by atoms with van der Waals surface area (Å²) in [6, 6.07) is -0.471. The highest BCUT2D eigenvalue weighted by Gasteiger charge is 2.49. The second-order valence-electron chi connectivity index (χ2n) is 17.8. The van der Waals surface area contributed by atoms with Gasteiger partial charge in [0.05, 0.1) is 30.1 Å². The average Bonchev–Trinajstić information content (AvgIpc) is 3.96. The minimum Gasteiger partial charge on any atom is -0.515 e. The van der Waals surface area contributed by atoms with Crippen LogP contribution in [0.1, 0.15) is 143 Å². The minimum absolute atomic E-state index is 0.0870. The Morgan fingerprint density at radius 1 is 0.950 bits per heavy atom. The fourth-order valence-corrected chi connectivity index (χ4v) is 9.70. The lowest BCUT2D eigenvalue weighted by Crippen LogP contribution is -2.38. The van der Waals surface area contributed by atoms with Crippen molar-refractivity contribution in [2.45, 2.75) is 119 Å². The van der Waals surface area contributed by atoms with E-state index in [-0.39, 0.29) is 36.6 Å². The Balaban J connectivity index is 1.34. The van der Waals surface area contributed by atoms with E-state index < -0.39 is 17.9 Å². The Morgan fingerprint density at radius 3 is 2.37 bits per heavy atom. The van der Waals surface area contributed by atoms with Gasteiger partial charge in [0.25, 0.3) is 0 Å². The Morgan fingerprint density at radius 2 is 1.68 bits per heavy atom. The van der Waals surface area contributed by atoms with Crippen molar-refractivity contribution in [3.63, 3.8) is 0 Å². The molecule has 8 bridgehead atoms. The molecule has 5 heterocycles. The molecule has 322 valence electrons. The highest BCUT2D eigenvalue weighted by Crippen LogP contribution is 2.42. The molecule has 60 heavy (non-hydrogen) atoms. The van der Waals surface area contributed by atoms with Crippen molar-refractivity contribution < 1.29 is 29.0 Å². The molecule has 5 atom stereocenters. The Kier molecular flexibility index (Phi) is 14.0. The molecule has 2 aliphatic heterocycles. The molecule has 3 aromatic rings. The molecule has 3 aliphatic rings. The molecule has 5 N–H and O–H groups in total. The van der Waals surface area contributed by atoms with E-state index in [0.717, 1.165) is 86.7 Å². The first-order chi connectivity index (χ1) is 28.7. The van der Waals surface area contributed by atoms with E-state index in [9.17, 15) is 19.5 Å². The van der Waals surface area contributed by atoms with Crippen LogP contribution in [0.5, 0.6) is 0 Å². The fraction of sp³-hybridized carbons (Fsp3) is 0.500. The zero-order valence-electron chi connectivity index (χ0n) is 37.2. The average molecular weight is 819 g/mol. The lowest BCUT2D eigenvalue weighted by Gasteiger charge is -2.25. The van der Waals surface area contributed by atoms with Gasteiger partial charge in [0.1, 0.15) is 12.5 Å². The van der Waals surface area contributed by atoms with E-state index in [1.165, 1.54) is 38.4 Å². The molecule has 10 heteroatoms. The van der Waals surface area contributed by atoms with E-state index in [2.05, 4.69) is 67.5 Å². The molecule has 0 amide bonds. The van der Waals surface area contributed by atoms with E-state index in [4.69, 9.17) is 9.47 Å². The topological polar surface area (TPSA) is 149 Å². The lowest BCUT2D eigenvalue weighted by atomic mass is 9.80. The summed E-state index contributed by atoms with van der Waals surface area (Å²) in [5.74, 6) is -1.13. The van der Waals surface area contributed by atoms with Gasteiger partial charge in [-0.2, -0.15) is 0 Å². The molecule has 10 nitrogen and oxygen atoms in total. The van der Waals surface area contributed by atoms with Gasteiger partial charge in [-0.15, -0.1) is 0 Å². The molecular weight excluding hydrogens is 753 g/mol. The van der Waals surface area contributed by atoms with Crippen LogP contribution < -0.4 is 26.6 Å². The van der Waals surface area contributed by atoms with Crippen LogP contribution in [0.15, 0.2) is 23.9 Å². The molecule has 0 radical (unpaired) electrons. The van der Waals surface area contributed by atoms with E-state index >= 15 is 0 Å². The predicted molar refractivity (Wildman–Crippen MR) is 241 cm³/mol. The number of hydrogen-bond acceptors (Lipinski definition) is 7. The number of H-pyrrole nitrogens is 3. The van der Waals surface area contributed by atoms with Crippen molar-refractivity contribution >= 4 is 53.9 Å². The largest absolute Gasteiger partial charge is 0.515 e. The van der Waals surface area contributed by atoms with Gasteiger partial charge in [-0.3, -0.25) is 14.4 Å².